The number of non-ortho nitro benzene ring substituents is 1. The second kappa shape index (κ2) is 6.09. The fourth-order valence-corrected chi connectivity index (χ4v) is 2.04. The number of rotatable bonds is 5. The highest BCUT2D eigenvalue weighted by molar-refractivity contribution is 5.64. The minimum atomic E-state index is -0.417. The molecule has 3 aromatic rings. The lowest BCUT2D eigenvalue weighted by atomic mass is 10.1. The van der Waals surface area contributed by atoms with Gasteiger partial charge in [0.25, 0.3) is 5.69 Å². The quantitative estimate of drug-likeness (QED) is 0.535. The van der Waals surface area contributed by atoms with Gasteiger partial charge in [-0.15, -0.1) is 9.94 Å². The van der Waals surface area contributed by atoms with Crippen molar-refractivity contribution in [3.05, 3.63) is 82.7 Å². The van der Waals surface area contributed by atoms with Crippen LogP contribution in [0.5, 0.6) is 0 Å². The molecule has 1 heterocycles. The second-order valence-corrected chi connectivity index (χ2v) is 4.70. The molecule has 6 heteroatoms. The Morgan fingerprint density at radius 1 is 1.09 bits per heavy atom. The van der Waals surface area contributed by atoms with Gasteiger partial charge in [-0.3, -0.25) is 10.1 Å². The van der Waals surface area contributed by atoms with E-state index in [0.29, 0.717) is 6.61 Å². The van der Waals surface area contributed by atoms with Crippen molar-refractivity contribution in [1.82, 2.24) is 9.94 Å². The first-order valence-electron chi connectivity index (χ1n) is 6.69. The Kier molecular flexibility index (Phi) is 3.82. The Bertz CT molecular complexity index is 784. The summed E-state index contributed by atoms with van der Waals surface area (Å²) >= 11 is 0. The van der Waals surface area contributed by atoms with Crippen molar-refractivity contribution in [3.8, 4) is 11.1 Å². The van der Waals surface area contributed by atoms with Crippen LogP contribution in [0.3, 0.4) is 0 Å². The van der Waals surface area contributed by atoms with E-state index in [9.17, 15) is 10.1 Å². The minimum Gasteiger partial charge on any atom is -0.392 e. The predicted octanol–water partition coefficient (Wildman–Crippen LogP) is 3.09. The summed E-state index contributed by atoms with van der Waals surface area (Å²) in [4.78, 5) is 17.3. The van der Waals surface area contributed by atoms with Crippen LogP contribution >= 0.6 is 0 Å². The SMILES string of the molecule is O=[N+]([O-])c1cccc(-c2cnn(OCc3ccccc3)c2)c1. The van der Waals surface area contributed by atoms with E-state index in [2.05, 4.69) is 5.10 Å². The highest BCUT2D eigenvalue weighted by atomic mass is 16.7. The van der Waals surface area contributed by atoms with Gasteiger partial charge in [-0.1, -0.05) is 42.5 Å². The van der Waals surface area contributed by atoms with Crippen LogP contribution in [0, 0.1) is 10.1 Å². The van der Waals surface area contributed by atoms with Gasteiger partial charge in [0.2, 0.25) is 0 Å². The first kappa shape index (κ1) is 13.8. The fourth-order valence-electron chi connectivity index (χ4n) is 2.04. The maximum atomic E-state index is 10.8. The number of benzene rings is 2. The van der Waals surface area contributed by atoms with Gasteiger partial charge in [-0.2, -0.15) is 0 Å². The molecule has 0 fully saturated rings. The van der Waals surface area contributed by atoms with Crippen LogP contribution in [0.4, 0.5) is 5.69 Å². The molecule has 0 bridgehead atoms. The molecule has 2 aromatic carbocycles. The van der Waals surface area contributed by atoms with Gasteiger partial charge in [0, 0.05) is 17.7 Å². The van der Waals surface area contributed by atoms with Gasteiger partial charge >= 0.3 is 0 Å². The Morgan fingerprint density at radius 2 is 1.91 bits per heavy atom. The van der Waals surface area contributed by atoms with Gasteiger partial charge in [-0.05, 0) is 11.1 Å². The Hall–Kier alpha value is -3.15. The number of nitro groups is 1. The Morgan fingerprint density at radius 3 is 2.68 bits per heavy atom. The summed E-state index contributed by atoms with van der Waals surface area (Å²) in [6.45, 7) is 0.400. The van der Waals surface area contributed by atoms with Crippen molar-refractivity contribution < 1.29 is 9.76 Å². The zero-order valence-corrected chi connectivity index (χ0v) is 11.6. The fraction of sp³-hybridized carbons (Fsp3) is 0.0625. The average Bonchev–Trinajstić information content (AvgIpc) is 3.03. The van der Waals surface area contributed by atoms with Crippen molar-refractivity contribution in [1.29, 1.82) is 0 Å². The maximum absolute atomic E-state index is 10.8. The average molecular weight is 295 g/mol. The molecule has 0 radical (unpaired) electrons. The third-order valence-corrected chi connectivity index (χ3v) is 3.16. The highest BCUT2D eigenvalue weighted by Gasteiger charge is 2.09. The van der Waals surface area contributed by atoms with Crippen LogP contribution < -0.4 is 4.84 Å². The standard InChI is InChI=1S/C16H13N3O3/c20-19(21)16-8-4-7-14(9-16)15-10-17-18(11-15)22-12-13-5-2-1-3-6-13/h1-11H,12H2. The Balaban J connectivity index is 1.73. The van der Waals surface area contributed by atoms with Gasteiger partial charge in [0.1, 0.15) is 6.61 Å². The number of nitro benzene ring substituents is 1. The van der Waals surface area contributed by atoms with Crippen LogP contribution in [0.2, 0.25) is 0 Å². The van der Waals surface area contributed by atoms with Gasteiger partial charge in [0.05, 0.1) is 17.3 Å². The molecule has 3 rings (SSSR count). The van der Waals surface area contributed by atoms with E-state index in [-0.39, 0.29) is 5.69 Å². The first-order chi connectivity index (χ1) is 10.7. The molecule has 0 spiro atoms. The molecule has 0 atom stereocenters. The molecule has 22 heavy (non-hydrogen) atoms. The summed E-state index contributed by atoms with van der Waals surface area (Å²) in [5.74, 6) is 0. The lowest BCUT2D eigenvalue weighted by molar-refractivity contribution is -0.384. The van der Waals surface area contributed by atoms with Crippen LogP contribution in [0.25, 0.3) is 11.1 Å². The molecule has 0 amide bonds. The maximum Gasteiger partial charge on any atom is 0.270 e. The molecular weight excluding hydrogens is 282 g/mol. The molecule has 0 saturated heterocycles. The molecule has 0 aliphatic carbocycles. The predicted molar refractivity (Wildman–Crippen MR) is 81.0 cm³/mol. The zero-order valence-electron chi connectivity index (χ0n) is 11.6. The smallest absolute Gasteiger partial charge is 0.270 e. The van der Waals surface area contributed by atoms with Crippen LogP contribution in [0.1, 0.15) is 5.56 Å². The monoisotopic (exact) mass is 295 g/mol. The van der Waals surface area contributed by atoms with Gasteiger partial charge in [0.15, 0.2) is 0 Å². The molecule has 110 valence electrons. The van der Waals surface area contributed by atoms with Gasteiger partial charge < -0.3 is 4.84 Å². The van der Waals surface area contributed by atoms with Crippen LogP contribution in [0.15, 0.2) is 67.0 Å². The molecule has 0 saturated carbocycles. The van der Waals surface area contributed by atoms with Crippen molar-refractivity contribution in [2.45, 2.75) is 6.61 Å². The second-order valence-electron chi connectivity index (χ2n) is 4.70. The zero-order chi connectivity index (χ0) is 15.4. The van der Waals surface area contributed by atoms with Crippen molar-refractivity contribution in [3.63, 3.8) is 0 Å². The molecule has 0 aliphatic rings. The van der Waals surface area contributed by atoms with E-state index in [1.54, 1.807) is 24.5 Å². The molecule has 0 N–H and O–H groups in total. The van der Waals surface area contributed by atoms with E-state index in [1.165, 1.54) is 17.0 Å². The Labute approximate surface area is 126 Å². The number of aromatic nitrogens is 2. The summed E-state index contributed by atoms with van der Waals surface area (Å²) in [7, 11) is 0. The lowest BCUT2D eigenvalue weighted by Crippen LogP contribution is -2.11. The lowest BCUT2D eigenvalue weighted by Gasteiger charge is -2.04. The normalized spacial score (nSPS) is 10.4. The summed E-state index contributed by atoms with van der Waals surface area (Å²) < 4.78 is 0. The third-order valence-electron chi connectivity index (χ3n) is 3.16. The van der Waals surface area contributed by atoms with E-state index in [4.69, 9.17) is 4.84 Å². The van der Waals surface area contributed by atoms with E-state index in [1.807, 2.05) is 30.3 Å². The van der Waals surface area contributed by atoms with E-state index < -0.39 is 4.92 Å². The van der Waals surface area contributed by atoms with Crippen molar-refractivity contribution in [2.24, 2.45) is 0 Å². The summed E-state index contributed by atoms with van der Waals surface area (Å²) in [6.07, 6.45) is 3.31. The van der Waals surface area contributed by atoms with Crippen LogP contribution in [-0.2, 0) is 6.61 Å². The first-order valence-corrected chi connectivity index (χ1v) is 6.69. The summed E-state index contributed by atoms with van der Waals surface area (Å²) in [6, 6.07) is 16.2. The third kappa shape index (κ3) is 3.12. The molecular formula is C16H13N3O3. The topological polar surface area (TPSA) is 70.2 Å². The molecule has 6 nitrogen and oxygen atoms in total. The van der Waals surface area contributed by atoms with Crippen molar-refractivity contribution in [2.75, 3.05) is 0 Å². The summed E-state index contributed by atoms with van der Waals surface area (Å²) in [5, 5.41) is 14.9. The van der Waals surface area contributed by atoms with Crippen molar-refractivity contribution >= 4 is 5.69 Å². The highest BCUT2D eigenvalue weighted by Crippen LogP contribution is 2.23. The molecule has 1 aromatic heterocycles. The largest absolute Gasteiger partial charge is 0.392 e. The minimum absolute atomic E-state index is 0.0513. The summed E-state index contributed by atoms with van der Waals surface area (Å²) in [5.41, 5.74) is 2.57. The number of nitrogens with zero attached hydrogens (tertiary/aromatic N) is 3. The molecule has 0 unspecified atom stereocenters. The number of hydrogen-bond donors (Lipinski definition) is 0. The van der Waals surface area contributed by atoms with E-state index >= 15 is 0 Å². The van der Waals surface area contributed by atoms with Gasteiger partial charge in [-0.25, -0.2) is 0 Å². The van der Waals surface area contributed by atoms with Crippen LogP contribution in [-0.4, -0.2) is 14.9 Å². The number of hydrogen-bond acceptors (Lipinski definition) is 4. The molecule has 0 aliphatic heterocycles. The van der Waals surface area contributed by atoms with E-state index in [0.717, 1.165) is 16.7 Å².